The molecule has 0 radical (unpaired) electrons. The number of anilines is 1. The lowest BCUT2D eigenvalue weighted by Crippen LogP contribution is -2.51. The molecule has 1 fully saturated rings. The van der Waals surface area contributed by atoms with Gasteiger partial charge in [0.05, 0.1) is 31.6 Å². The van der Waals surface area contributed by atoms with Crippen LogP contribution in [0.4, 0.5) is 5.69 Å². The SMILES string of the molecule is COC(=O)CC(C[C@@H]1CC(C(=O)OC)=C2Nc3ccccc3[C@]23CCN[C@@H]13)OC(C)=O. The maximum Gasteiger partial charge on any atom is 0.335 e. The lowest BCUT2D eigenvalue weighted by Gasteiger charge is -2.43. The zero-order valence-electron chi connectivity index (χ0n) is 18.0. The first-order valence-corrected chi connectivity index (χ1v) is 10.6. The Labute approximate surface area is 181 Å². The lowest BCUT2D eigenvalue weighted by atomic mass is 9.62. The number of nitrogens with one attached hydrogen (secondary N) is 2. The van der Waals surface area contributed by atoms with E-state index in [1.54, 1.807) is 0 Å². The smallest absolute Gasteiger partial charge is 0.335 e. The van der Waals surface area contributed by atoms with Crippen molar-refractivity contribution in [2.24, 2.45) is 5.92 Å². The van der Waals surface area contributed by atoms with E-state index in [0.717, 1.165) is 29.9 Å². The average Bonchev–Trinajstić information content (AvgIpc) is 3.34. The van der Waals surface area contributed by atoms with Gasteiger partial charge in [0.1, 0.15) is 6.10 Å². The molecule has 0 aromatic heterocycles. The minimum Gasteiger partial charge on any atom is -0.469 e. The summed E-state index contributed by atoms with van der Waals surface area (Å²) in [7, 11) is 2.70. The van der Waals surface area contributed by atoms with E-state index in [4.69, 9.17) is 14.2 Å². The van der Waals surface area contributed by atoms with Gasteiger partial charge in [0.25, 0.3) is 0 Å². The van der Waals surface area contributed by atoms with Crippen LogP contribution in [0.25, 0.3) is 0 Å². The third-order valence-electron chi connectivity index (χ3n) is 6.72. The molecule has 1 aromatic rings. The van der Waals surface area contributed by atoms with Gasteiger partial charge in [-0.1, -0.05) is 18.2 Å². The van der Waals surface area contributed by atoms with Crippen LogP contribution in [-0.2, 0) is 34.0 Å². The number of hydrogen-bond donors (Lipinski definition) is 2. The Morgan fingerprint density at radius 3 is 2.68 bits per heavy atom. The van der Waals surface area contributed by atoms with Crippen molar-refractivity contribution in [1.29, 1.82) is 0 Å². The van der Waals surface area contributed by atoms with Gasteiger partial charge in [0, 0.05) is 24.4 Å². The van der Waals surface area contributed by atoms with Crippen molar-refractivity contribution >= 4 is 23.6 Å². The molecule has 0 bridgehead atoms. The molecule has 1 aliphatic carbocycles. The fourth-order valence-electron chi connectivity index (χ4n) is 5.64. The molecule has 1 saturated heterocycles. The van der Waals surface area contributed by atoms with Gasteiger partial charge >= 0.3 is 17.9 Å². The molecule has 31 heavy (non-hydrogen) atoms. The summed E-state index contributed by atoms with van der Waals surface area (Å²) in [6.07, 6.45) is 1.08. The van der Waals surface area contributed by atoms with Crippen LogP contribution in [0.2, 0.25) is 0 Å². The van der Waals surface area contributed by atoms with Gasteiger partial charge in [-0.25, -0.2) is 4.79 Å². The van der Waals surface area contributed by atoms with Crippen LogP contribution in [0.5, 0.6) is 0 Å². The van der Waals surface area contributed by atoms with Crippen molar-refractivity contribution in [1.82, 2.24) is 5.32 Å². The number of carbonyl (C=O) groups is 3. The molecule has 2 N–H and O–H groups in total. The standard InChI is InChI=1S/C23H28N2O6/c1-13(26)31-15(12-19(27)29-2)10-14-11-16(22(28)30-3)21-23(8-9-24-20(14)23)17-6-4-5-7-18(17)25-21/h4-7,14-15,20,24-25H,8-12H2,1-3H3/t14-,15?,20+,23+/m1/s1. The van der Waals surface area contributed by atoms with Gasteiger partial charge in [0.15, 0.2) is 0 Å². The van der Waals surface area contributed by atoms with Gasteiger partial charge in [-0.05, 0) is 43.4 Å². The molecule has 2 aliphatic heterocycles. The summed E-state index contributed by atoms with van der Waals surface area (Å²) in [5.41, 5.74) is 3.30. The Balaban J connectivity index is 1.74. The third kappa shape index (κ3) is 3.59. The first kappa shape index (κ1) is 21.4. The summed E-state index contributed by atoms with van der Waals surface area (Å²) in [5, 5.41) is 7.12. The molecule has 8 heteroatoms. The summed E-state index contributed by atoms with van der Waals surface area (Å²) in [4.78, 5) is 36.4. The van der Waals surface area contributed by atoms with Crippen molar-refractivity contribution in [2.45, 2.75) is 50.2 Å². The minimum atomic E-state index is -0.626. The fourth-order valence-corrected chi connectivity index (χ4v) is 5.64. The lowest BCUT2D eigenvalue weighted by molar-refractivity contribution is -0.153. The third-order valence-corrected chi connectivity index (χ3v) is 6.72. The number of rotatable bonds is 6. The molecule has 1 unspecified atom stereocenters. The Kier molecular flexibility index (Phi) is 5.75. The zero-order valence-corrected chi connectivity index (χ0v) is 18.0. The van der Waals surface area contributed by atoms with Gasteiger partial charge in [-0.2, -0.15) is 0 Å². The number of benzene rings is 1. The van der Waals surface area contributed by atoms with Crippen LogP contribution >= 0.6 is 0 Å². The second-order valence-electron chi connectivity index (χ2n) is 8.38. The zero-order chi connectivity index (χ0) is 22.2. The largest absolute Gasteiger partial charge is 0.469 e. The molecule has 1 spiro atoms. The highest BCUT2D eigenvalue weighted by molar-refractivity contribution is 5.93. The summed E-state index contributed by atoms with van der Waals surface area (Å²) >= 11 is 0. The van der Waals surface area contributed by atoms with E-state index < -0.39 is 18.0 Å². The van der Waals surface area contributed by atoms with Crippen LogP contribution in [0.15, 0.2) is 35.5 Å². The van der Waals surface area contributed by atoms with Crippen LogP contribution < -0.4 is 10.6 Å². The summed E-state index contributed by atoms with van der Waals surface area (Å²) in [5.74, 6) is -1.28. The average molecular weight is 428 g/mol. The van der Waals surface area contributed by atoms with Gasteiger partial charge in [-0.3, -0.25) is 9.59 Å². The van der Waals surface area contributed by atoms with E-state index in [-0.39, 0.29) is 29.8 Å². The fraction of sp³-hybridized carbons (Fsp3) is 0.522. The van der Waals surface area contributed by atoms with E-state index in [9.17, 15) is 14.4 Å². The summed E-state index contributed by atoms with van der Waals surface area (Å²) in [6, 6.07) is 8.13. The Bertz CT molecular complexity index is 942. The van der Waals surface area contributed by atoms with Crippen molar-refractivity contribution < 1.29 is 28.6 Å². The number of hydrogen-bond acceptors (Lipinski definition) is 8. The number of fused-ring (bicyclic) bond motifs is 1. The Morgan fingerprint density at radius 2 is 1.97 bits per heavy atom. The maximum atomic E-state index is 12.8. The molecule has 0 saturated carbocycles. The van der Waals surface area contributed by atoms with Gasteiger partial charge in [0.2, 0.25) is 0 Å². The van der Waals surface area contributed by atoms with Crippen LogP contribution in [0, 0.1) is 5.92 Å². The van der Waals surface area contributed by atoms with E-state index in [2.05, 4.69) is 16.7 Å². The molecular formula is C23H28N2O6. The highest BCUT2D eigenvalue weighted by Crippen LogP contribution is 2.57. The molecule has 3 aliphatic rings. The molecule has 8 nitrogen and oxygen atoms in total. The monoisotopic (exact) mass is 428 g/mol. The van der Waals surface area contributed by atoms with Gasteiger partial charge < -0.3 is 24.8 Å². The minimum absolute atomic E-state index is 0.0226. The number of ether oxygens (including phenoxy) is 3. The highest BCUT2D eigenvalue weighted by Gasteiger charge is 2.58. The topological polar surface area (TPSA) is 103 Å². The predicted octanol–water partition coefficient (Wildman–Crippen LogP) is 2.04. The van der Waals surface area contributed by atoms with Crippen LogP contribution in [-0.4, -0.2) is 50.8 Å². The van der Waals surface area contributed by atoms with Crippen molar-refractivity contribution in [2.75, 3.05) is 26.1 Å². The summed E-state index contributed by atoms with van der Waals surface area (Å²) < 4.78 is 15.4. The predicted molar refractivity (Wildman–Crippen MR) is 112 cm³/mol. The van der Waals surface area contributed by atoms with E-state index in [0.29, 0.717) is 18.4 Å². The first-order chi connectivity index (χ1) is 14.9. The van der Waals surface area contributed by atoms with Crippen LogP contribution in [0.3, 0.4) is 0 Å². The number of para-hydroxylation sites is 1. The molecular weight excluding hydrogens is 400 g/mol. The second-order valence-corrected chi connectivity index (χ2v) is 8.38. The van der Waals surface area contributed by atoms with E-state index in [1.807, 2.05) is 18.2 Å². The molecule has 2 heterocycles. The Hall–Kier alpha value is -2.87. The van der Waals surface area contributed by atoms with E-state index >= 15 is 0 Å². The van der Waals surface area contributed by atoms with Crippen molar-refractivity contribution in [3.05, 3.63) is 41.1 Å². The quantitative estimate of drug-likeness (QED) is 0.524. The highest BCUT2D eigenvalue weighted by atomic mass is 16.6. The molecule has 166 valence electrons. The molecule has 1 aromatic carbocycles. The van der Waals surface area contributed by atoms with E-state index in [1.165, 1.54) is 21.1 Å². The summed E-state index contributed by atoms with van der Waals surface area (Å²) in [6.45, 7) is 2.12. The number of methoxy groups -OCH3 is 2. The number of carbonyl (C=O) groups excluding carboxylic acids is 3. The normalized spacial score (nSPS) is 26.8. The maximum absolute atomic E-state index is 12.8. The molecule has 4 atom stereocenters. The van der Waals surface area contributed by atoms with Crippen molar-refractivity contribution in [3.63, 3.8) is 0 Å². The number of esters is 3. The second kappa shape index (κ2) is 8.34. The Morgan fingerprint density at radius 1 is 1.19 bits per heavy atom. The first-order valence-electron chi connectivity index (χ1n) is 10.6. The molecule has 4 rings (SSSR count). The van der Waals surface area contributed by atoms with Gasteiger partial charge in [-0.15, -0.1) is 0 Å². The van der Waals surface area contributed by atoms with Crippen molar-refractivity contribution in [3.8, 4) is 0 Å². The molecule has 0 amide bonds. The van der Waals surface area contributed by atoms with Crippen LogP contribution in [0.1, 0.15) is 38.2 Å².